The Labute approximate surface area is 125 Å². The van der Waals surface area contributed by atoms with Gasteiger partial charge in [-0.25, -0.2) is 9.97 Å². The standard InChI is InChI=1S/C14H23N5O2/c1-18-6-4-12-11(8-18)14(17-10-16-12)19(2)9-13(20)15-5-7-21-3/h10H,4-9H2,1-3H3,(H,15,20). The van der Waals surface area contributed by atoms with Gasteiger partial charge in [-0.3, -0.25) is 4.79 Å². The van der Waals surface area contributed by atoms with E-state index in [0.717, 1.165) is 36.6 Å². The van der Waals surface area contributed by atoms with E-state index in [-0.39, 0.29) is 12.5 Å². The Hall–Kier alpha value is -1.73. The van der Waals surface area contributed by atoms with Gasteiger partial charge in [0.25, 0.3) is 0 Å². The van der Waals surface area contributed by atoms with Gasteiger partial charge in [0.2, 0.25) is 5.91 Å². The van der Waals surface area contributed by atoms with Gasteiger partial charge in [-0.2, -0.15) is 0 Å². The lowest BCUT2D eigenvalue weighted by molar-refractivity contribution is -0.119. The Morgan fingerprint density at radius 3 is 3.10 bits per heavy atom. The number of nitrogens with zero attached hydrogens (tertiary/aromatic N) is 4. The van der Waals surface area contributed by atoms with Gasteiger partial charge in [0.15, 0.2) is 0 Å². The molecule has 0 unspecified atom stereocenters. The number of hydrogen-bond acceptors (Lipinski definition) is 6. The molecule has 0 aromatic carbocycles. The number of rotatable bonds is 6. The number of nitrogens with one attached hydrogen (secondary N) is 1. The highest BCUT2D eigenvalue weighted by atomic mass is 16.5. The molecule has 0 fully saturated rings. The van der Waals surface area contributed by atoms with Crippen molar-refractivity contribution in [2.24, 2.45) is 0 Å². The number of ether oxygens (including phenoxy) is 1. The van der Waals surface area contributed by atoms with Crippen LogP contribution in [0.3, 0.4) is 0 Å². The predicted octanol–water partition coefficient (Wildman–Crippen LogP) is -0.337. The van der Waals surface area contributed by atoms with Gasteiger partial charge in [-0.1, -0.05) is 0 Å². The fraction of sp³-hybridized carbons (Fsp3) is 0.643. The summed E-state index contributed by atoms with van der Waals surface area (Å²) in [6.07, 6.45) is 2.51. The smallest absolute Gasteiger partial charge is 0.239 e. The van der Waals surface area contributed by atoms with Gasteiger partial charge >= 0.3 is 0 Å². The molecule has 2 rings (SSSR count). The van der Waals surface area contributed by atoms with Crippen LogP contribution in [-0.2, 0) is 22.5 Å². The summed E-state index contributed by atoms with van der Waals surface area (Å²) in [6.45, 7) is 3.14. The summed E-state index contributed by atoms with van der Waals surface area (Å²) < 4.78 is 4.91. The highest BCUT2D eigenvalue weighted by Gasteiger charge is 2.21. The van der Waals surface area contributed by atoms with Crippen LogP contribution in [0, 0.1) is 0 Å². The van der Waals surface area contributed by atoms with Crippen LogP contribution in [0.1, 0.15) is 11.3 Å². The molecule has 2 heterocycles. The minimum atomic E-state index is -0.0360. The summed E-state index contributed by atoms with van der Waals surface area (Å²) in [4.78, 5) is 24.7. The summed E-state index contributed by atoms with van der Waals surface area (Å²) in [5.41, 5.74) is 2.21. The van der Waals surface area contributed by atoms with E-state index in [1.165, 1.54) is 0 Å². The van der Waals surface area contributed by atoms with Crippen molar-refractivity contribution in [2.45, 2.75) is 13.0 Å². The van der Waals surface area contributed by atoms with Gasteiger partial charge in [0, 0.05) is 45.8 Å². The number of anilines is 1. The number of carbonyl (C=O) groups is 1. The molecule has 7 heteroatoms. The van der Waals surface area contributed by atoms with Crippen LogP contribution in [0.25, 0.3) is 0 Å². The second-order valence-electron chi connectivity index (χ2n) is 5.31. The van der Waals surface area contributed by atoms with Crippen LogP contribution in [0.4, 0.5) is 5.82 Å². The van der Waals surface area contributed by atoms with Gasteiger partial charge in [0.05, 0.1) is 18.8 Å². The van der Waals surface area contributed by atoms with E-state index >= 15 is 0 Å². The molecule has 21 heavy (non-hydrogen) atoms. The predicted molar refractivity (Wildman–Crippen MR) is 80.2 cm³/mol. The lowest BCUT2D eigenvalue weighted by Crippen LogP contribution is -2.38. The molecular weight excluding hydrogens is 270 g/mol. The molecule has 0 atom stereocenters. The third-order valence-electron chi connectivity index (χ3n) is 3.54. The van der Waals surface area contributed by atoms with Crippen LogP contribution in [0.15, 0.2) is 6.33 Å². The fourth-order valence-corrected chi connectivity index (χ4v) is 2.43. The molecule has 0 radical (unpaired) electrons. The molecule has 1 N–H and O–H groups in total. The number of fused-ring (bicyclic) bond motifs is 1. The molecule has 7 nitrogen and oxygen atoms in total. The first kappa shape index (κ1) is 15.7. The molecule has 0 saturated heterocycles. The SMILES string of the molecule is COCCNC(=O)CN(C)c1ncnc2c1CN(C)CC2. The third-order valence-corrected chi connectivity index (χ3v) is 3.54. The molecule has 1 amide bonds. The lowest BCUT2D eigenvalue weighted by Gasteiger charge is -2.28. The van der Waals surface area contributed by atoms with Gasteiger partial charge in [-0.15, -0.1) is 0 Å². The number of methoxy groups -OCH3 is 1. The lowest BCUT2D eigenvalue weighted by atomic mass is 10.1. The first-order chi connectivity index (χ1) is 10.1. The molecular formula is C14H23N5O2. The molecule has 116 valence electrons. The van der Waals surface area contributed by atoms with Gasteiger partial charge in [-0.05, 0) is 7.05 Å². The maximum absolute atomic E-state index is 11.9. The van der Waals surface area contributed by atoms with E-state index in [1.807, 2.05) is 11.9 Å². The van der Waals surface area contributed by atoms with E-state index in [1.54, 1.807) is 13.4 Å². The minimum Gasteiger partial charge on any atom is -0.383 e. The van der Waals surface area contributed by atoms with E-state index in [0.29, 0.717) is 13.2 Å². The zero-order valence-corrected chi connectivity index (χ0v) is 12.9. The Morgan fingerprint density at radius 2 is 2.33 bits per heavy atom. The first-order valence-electron chi connectivity index (χ1n) is 7.10. The maximum atomic E-state index is 11.9. The van der Waals surface area contributed by atoms with E-state index in [2.05, 4.69) is 27.2 Å². The highest BCUT2D eigenvalue weighted by Crippen LogP contribution is 2.23. The van der Waals surface area contributed by atoms with E-state index in [9.17, 15) is 4.79 Å². The van der Waals surface area contributed by atoms with E-state index < -0.39 is 0 Å². The summed E-state index contributed by atoms with van der Waals surface area (Å²) in [6, 6.07) is 0. The fourth-order valence-electron chi connectivity index (χ4n) is 2.43. The molecule has 0 bridgehead atoms. The molecule has 0 aliphatic carbocycles. The van der Waals surface area contributed by atoms with Gasteiger partial charge in [0.1, 0.15) is 12.1 Å². The topological polar surface area (TPSA) is 70.6 Å². The number of hydrogen-bond donors (Lipinski definition) is 1. The molecule has 1 aromatic rings. The van der Waals surface area contributed by atoms with Crippen molar-refractivity contribution in [3.63, 3.8) is 0 Å². The van der Waals surface area contributed by atoms with Crippen molar-refractivity contribution in [1.29, 1.82) is 0 Å². The molecule has 0 spiro atoms. The van der Waals surface area contributed by atoms with Crippen molar-refractivity contribution < 1.29 is 9.53 Å². The number of amides is 1. The summed E-state index contributed by atoms with van der Waals surface area (Å²) in [5.74, 6) is 0.805. The minimum absolute atomic E-state index is 0.0360. The van der Waals surface area contributed by atoms with Crippen LogP contribution in [0.5, 0.6) is 0 Å². The number of likely N-dealkylation sites (N-methyl/N-ethyl adjacent to an activating group) is 2. The largest absolute Gasteiger partial charge is 0.383 e. The third kappa shape index (κ3) is 4.12. The first-order valence-corrected chi connectivity index (χ1v) is 7.10. The second-order valence-corrected chi connectivity index (χ2v) is 5.31. The van der Waals surface area contributed by atoms with E-state index in [4.69, 9.17) is 4.74 Å². The van der Waals surface area contributed by atoms with Crippen molar-refractivity contribution in [3.8, 4) is 0 Å². The average Bonchev–Trinajstić information content (AvgIpc) is 2.46. The maximum Gasteiger partial charge on any atom is 0.239 e. The molecule has 1 aromatic heterocycles. The summed E-state index contributed by atoms with van der Waals surface area (Å²) >= 11 is 0. The van der Waals surface area contributed by atoms with Crippen LogP contribution in [0.2, 0.25) is 0 Å². The van der Waals surface area contributed by atoms with Crippen LogP contribution >= 0.6 is 0 Å². The Kier molecular flexibility index (Phi) is 5.46. The monoisotopic (exact) mass is 293 g/mol. The van der Waals surface area contributed by atoms with Gasteiger partial charge < -0.3 is 19.9 Å². The normalized spacial score (nSPS) is 14.6. The molecule has 1 aliphatic rings. The zero-order valence-electron chi connectivity index (χ0n) is 12.9. The highest BCUT2D eigenvalue weighted by molar-refractivity contribution is 5.81. The van der Waals surface area contributed by atoms with Crippen molar-refractivity contribution >= 4 is 11.7 Å². The molecule has 0 saturated carbocycles. The van der Waals surface area contributed by atoms with Crippen molar-refractivity contribution in [2.75, 3.05) is 52.3 Å². The summed E-state index contributed by atoms with van der Waals surface area (Å²) in [7, 11) is 5.58. The Bertz CT molecular complexity index is 494. The van der Waals surface area contributed by atoms with Crippen LogP contribution in [-0.4, -0.2) is 68.2 Å². The average molecular weight is 293 g/mol. The quantitative estimate of drug-likeness (QED) is 0.724. The van der Waals surface area contributed by atoms with Crippen molar-refractivity contribution in [1.82, 2.24) is 20.2 Å². The Morgan fingerprint density at radius 1 is 1.52 bits per heavy atom. The second kappa shape index (κ2) is 7.33. The van der Waals surface area contributed by atoms with Crippen LogP contribution < -0.4 is 10.2 Å². The number of aromatic nitrogens is 2. The summed E-state index contributed by atoms with van der Waals surface area (Å²) in [5, 5.41) is 2.81. The van der Waals surface area contributed by atoms with Crippen molar-refractivity contribution in [3.05, 3.63) is 17.6 Å². The zero-order chi connectivity index (χ0) is 15.2. The Balaban J connectivity index is 2.02. The number of carbonyl (C=O) groups excluding carboxylic acids is 1. The molecule has 1 aliphatic heterocycles.